The molecule has 2 aromatic rings. The zero-order valence-corrected chi connectivity index (χ0v) is 19.7. The first-order chi connectivity index (χ1) is 16.4. The van der Waals surface area contributed by atoms with Gasteiger partial charge in [0.05, 0.1) is 35.3 Å². The van der Waals surface area contributed by atoms with Gasteiger partial charge in [0, 0.05) is 45.8 Å². The molecule has 2 unspecified atom stereocenters. The van der Waals surface area contributed by atoms with Gasteiger partial charge >= 0.3 is 0 Å². The molecule has 0 aromatic heterocycles. The van der Waals surface area contributed by atoms with Crippen LogP contribution in [-0.4, -0.2) is 82.8 Å². The lowest BCUT2D eigenvalue weighted by Crippen LogP contribution is -2.60. The lowest BCUT2D eigenvalue weighted by molar-refractivity contribution is -0.138. The largest absolute Gasteiger partial charge is 0.494 e. The van der Waals surface area contributed by atoms with Crippen molar-refractivity contribution in [3.8, 4) is 11.8 Å². The number of hydrogen-bond acceptors (Lipinski definition) is 7. The number of fused-ring (bicyclic) bond motifs is 2. The number of ether oxygens (including phenoxy) is 2. The number of halogens is 1. The molecule has 10 heteroatoms. The number of nitrogens with one attached hydrogen (secondary N) is 1. The maximum absolute atomic E-state index is 13.3. The van der Waals surface area contributed by atoms with Gasteiger partial charge in [-0.3, -0.25) is 9.80 Å². The fourth-order valence-electron chi connectivity index (χ4n) is 4.39. The molecule has 2 aliphatic heterocycles. The van der Waals surface area contributed by atoms with Crippen LogP contribution in [0.4, 0.5) is 4.39 Å². The van der Waals surface area contributed by atoms with Gasteiger partial charge in [-0.1, -0.05) is 6.07 Å². The van der Waals surface area contributed by atoms with Crippen molar-refractivity contribution in [3.63, 3.8) is 0 Å². The van der Waals surface area contributed by atoms with Crippen LogP contribution in [0.25, 0.3) is 0 Å². The molecule has 0 saturated carbocycles. The second-order valence-corrected chi connectivity index (χ2v) is 10.4. The summed E-state index contributed by atoms with van der Waals surface area (Å²) in [6.07, 6.45) is 1.07. The first-order valence-corrected chi connectivity index (χ1v) is 12.9. The minimum absolute atomic E-state index is 0.0647. The number of nitriles is 1. The van der Waals surface area contributed by atoms with Crippen molar-refractivity contribution in [3.05, 3.63) is 59.9 Å². The van der Waals surface area contributed by atoms with Gasteiger partial charge in [-0.05, 0) is 48.9 Å². The van der Waals surface area contributed by atoms with Crippen LogP contribution >= 0.6 is 0 Å². The second kappa shape index (κ2) is 11.3. The van der Waals surface area contributed by atoms with Crippen LogP contribution in [0.1, 0.15) is 12.0 Å². The zero-order chi connectivity index (χ0) is 24.0. The van der Waals surface area contributed by atoms with Crippen LogP contribution in [0, 0.1) is 17.1 Å². The molecule has 0 spiro atoms. The van der Waals surface area contributed by atoms with Crippen LogP contribution < -0.4 is 9.46 Å². The number of nitrogens with zero attached hydrogens (tertiary/aromatic N) is 3. The Morgan fingerprint density at radius 2 is 1.74 bits per heavy atom. The van der Waals surface area contributed by atoms with Crippen molar-refractivity contribution >= 4 is 10.0 Å². The third kappa shape index (κ3) is 6.74. The van der Waals surface area contributed by atoms with E-state index in [1.54, 1.807) is 12.1 Å². The number of hydrogen-bond donors (Lipinski definition) is 1. The Bertz CT molecular complexity index is 1090. The lowest BCUT2D eigenvalue weighted by Gasteiger charge is -2.45. The third-order valence-electron chi connectivity index (χ3n) is 5.93. The average Bonchev–Trinajstić information content (AvgIpc) is 2.82. The van der Waals surface area contributed by atoms with Gasteiger partial charge in [0.1, 0.15) is 11.6 Å². The molecule has 2 saturated heterocycles. The molecule has 0 radical (unpaired) electrons. The highest BCUT2D eigenvalue weighted by molar-refractivity contribution is 7.89. The van der Waals surface area contributed by atoms with E-state index < -0.39 is 15.8 Å². The summed E-state index contributed by atoms with van der Waals surface area (Å²) in [5, 5.41) is 8.85. The second-order valence-electron chi connectivity index (χ2n) is 8.59. The molecule has 182 valence electrons. The molecule has 2 heterocycles. The molecule has 2 aromatic carbocycles. The van der Waals surface area contributed by atoms with Gasteiger partial charge in [-0.25, -0.2) is 17.5 Å². The Balaban J connectivity index is 1.16. The summed E-state index contributed by atoms with van der Waals surface area (Å²) >= 11 is 0. The van der Waals surface area contributed by atoms with Crippen molar-refractivity contribution < 1.29 is 22.3 Å². The summed E-state index contributed by atoms with van der Waals surface area (Å²) in [6, 6.07) is 14.2. The van der Waals surface area contributed by atoms with E-state index in [0.29, 0.717) is 18.7 Å². The highest BCUT2D eigenvalue weighted by Crippen LogP contribution is 2.19. The molecular weight excluding hydrogens is 459 g/mol. The summed E-state index contributed by atoms with van der Waals surface area (Å²) in [4.78, 5) is 4.55. The summed E-state index contributed by atoms with van der Waals surface area (Å²) in [5.74, 6) is 0.191. The van der Waals surface area contributed by atoms with Crippen LogP contribution in [0.15, 0.2) is 53.4 Å². The molecule has 8 nitrogen and oxygen atoms in total. The Morgan fingerprint density at radius 3 is 2.38 bits per heavy atom. The third-order valence-corrected chi connectivity index (χ3v) is 7.39. The topological polar surface area (TPSA) is 94.9 Å². The standard InChI is InChI=1S/C24H29FN4O4S/c25-20-3-1-4-24(13-20)34(30,31)27-9-11-29-17-22-15-28(16-23(18-29)33-22)10-2-12-32-21-7-5-19(14-26)6-8-21/h1,3-8,13,22-23,27H,2,9-12,15-18H2. The van der Waals surface area contributed by atoms with Crippen LogP contribution in [-0.2, 0) is 14.8 Å². The van der Waals surface area contributed by atoms with E-state index >= 15 is 0 Å². The predicted octanol–water partition coefficient (Wildman–Crippen LogP) is 1.83. The molecular formula is C24H29FN4O4S. The van der Waals surface area contributed by atoms with Gasteiger partial charge < -0.3 is 9.47 Å². The van der Waals surface area contributed by atoms with Gasteiger partial charge in [0.2, 0.25) is 10.0 Å². The van der Waals surface area contributed by atoms with Gasteiger partial charge in [0.15, 0.2) is 0 Å². The van der Waals surface area contributed by atoms with E-state index in [2.05, 4.69) is 20.6 Å². The van der Waals surface area contributed by atoms with Gasteiger partial charge in [0.25, 0.3) is 0 Å². The minimum Gasteiger partial charge on any atom is -0.494 e. The summed E-state index contributed by atoms with van der Waals surface area (Å²) < 4.78 is 52.5. The van der Waals surface area contributed by atoms with Crippen LogP contribution in [0.5, 0.6) is 5.75 Å². The minimum atomic E-state index is -3.73. The Kier molecular flexibility index (Phi) is 8.13. The molecule has 0 aliphatic carbocycles. The fourth-order valence-corrected chi connectivity index (χ4v) is 5.44. The monoisotopic (exact) mass is 488 g/mol. The van der Waals surface area contributed by atoms with E-state index in [4.69, 9.17) is 14.7 Å². The smallest absolute Gasteiger partial charge is 0.240 e. The van der Waals surface area contributed by atoms with Crippen molar-refractivity contribution in [2.75, 3.05) is 52.4 Å². The highest BCUT2D eigenvalue weighted by atomic mass is 32.2. The number of benzene rings is 2. The molecule has 1 N–H and O–H groups in total. The maximum atomic E-state index is 13.3. The Morgan fingerprint density at radius 1 is 1.06 bits per heavy atom. The lowest BCUT2D eigenvalue weighted by atomic mass is 10.1. The fraction of sp³-hybridized carbons (Fsp3) is 0.458. The van der Waals surface area contributed by atoms with Gasteiger partial charge in [-0.2, -0.15) is 5.26 Å². The molecule has 2 fully saturated rings. The Hall–Kier alpha value is -2.55. The Labute approximate surface area is 199 Å². The van der Waals surface area contributed by atoms with Crippen LogP contribution in [0.2, 0.25) is 0 Å². The summed E-state index contributed by atoms with van der Waals surface area (Å²) in [5.41, 5.74) is 0.616. The molecule has 0 amide bonds. The van der Waals surface area contributed by atoms with E-state index in [1.165, 1.54) is 18.2 Å². The van der Waals surface area contributed by atoms with Crippen molar-refractivity contribution in [1.29, 1.82) is 5.26 Å². The number of sulfonamides is 1. The predicted molar refractivity (Wildman–Crippen MR) is 124 cm³/mol. The normalized spacial score (nSPS) is 21.2. The first kappa shape index (κ1) is 24.6. The van der Waals surface area contributed by atoms with Crippen molar-refractivity contribution in [2.24, 2.45) is 0 Å². The number of morpholine rings is 2. The van der Waals surface area contributed by atoms with Crippen molar-refractivity contribution in [2.45, 2.75) is 23.5 Å². The molecule has 2 atom stereocenters. The zero-order valence-electron chi connectivity index (χ0n) is 18.9. The molecule has 4 rings (SSSR count). The maximum Gasteiger partial charge on any atom is 0.240 e. The number of rotatable bonds is 10. The highest BCUT2D eigenvalue weighted by Gasteiger charge is 2.34. The van der Waals surface area contributed by atoms with E-state index in [-0.39, 0.29) is 23.6 Å². The average molecular weight is 489 g/mol. The van der Waals surface area contributed by atoms with Gasteiger partial charge in [-0.15, -0.1) is 0 Å². The molecule has 34 heavy (non-hydrogen) atoms. The molecule has 2 bridgehead atoms. The van der Waals surface area contributed by atoms with E-state index in [0.717, 1.165) is 51.0 Å². The SMILES string of the molecule is N#Cc1ccc(OCCCN2CC3CN(CCNS(=O)(=O)c4cccc(F)c4)CC(C2)O3)cc1. The summed E-state index contributed by atoms with van der Waals surface area (Å²) in [7, 11) is -3.73. The summed E-state index contributed by atoms with van der Waals surface area (Å²) in [6.45, 7) is 5.51. The van der Waals surface area contributed by atoms with E-state index in [9.17, 15) is 12.8 Å². The van der Waals surface area contributed by atoms with E-state index in [1.807, 2.05) is 12.1 Å². The van der Waals surface area contributed by atoms with Crippen LogP contribution in [0.3, 0.4) is 0 Å². The first-order valence-electron chi connectivity index (χ1n) is 11.4. The quantitative estimate of drug-likeness (QED) is 0.510. The molecule has 2 aliphatic rings. The van der Waals surface area contributed by atoms with Crippen molar-refractivity contribution in [1.82, 2.24) is 14.5 Å².